The summed E-state index contributed by atoms with van der Waals surface area (Å²) in [4.78, 5) is 8.20. The predicted molar refractivity (Wildman–Crippen MR) is 74.6 cm³/mol. The molecule has 0 saturated carbocycles. The van der Waals surface area contributed by atoms with E-state index in [0.29, 0.717) is 16.5 Å². The standard InChI is InChI=1S/C15H8ClF3N2/c1-7-12(19)3-2-11-13(7)20-15(21-14(11)16)8-4-9(17)6-10(18)5-8/h2-6H,1H3. The molecular weight excluding hydrogens is 301 g/mol. The third-order valence-corrected chi connectivity index (χ3v) is 3.42. The van der Waals surface area contributed by atoms with E-state index < -0.39 is 17.5 Å². The van der Waals surface area contributed by atoms with Gasteiger partial charge in [-0.3, -0.25) is 0 Å². The van der Waals surface area contributed by atoms with Crippen molar-refractivity contribution in [3.8, 4) is 11.4 Å². The molecule has 0 saturated heterocycles. The first kappa shape index (κ1) is 13.8. The Kier molecular flexibility index (Phi) is 3.29. The van der Waals surface area contributed by atoms with E-state index in [9.17, 15) is 13.2 Å². The van der Waals surface area contributed by atoms with E-state index in [4.69, 9.17) is 11.6 Å². The molecule has 0 fully saturated rings. The van der Waals surface area contributed by atoms with Crippen LogP contribution in [0.25, 0.3) is 22.3 Å². The maximum atomic E-state index is 13.6. The highest BCUT2D eigenvalue weighted by Crippen LogP contribution is 2.28. The quantitative estimate of drug-likeness (QED) is 0.610. The molecule has 2 nitrogen and oxygen atoms in total. The van der Waals surface area contributed by atoms with Gasteiger partial charge in [0.2, 0.25) is 0 Å². The average Bonchev–Trinajstić information content (AvgIpc) is 2.42. The minimum Gasteiger partial charge on any atom is -0.228 e. The topological polar surface area (TPSA) is 25.8 Å². The van der Waals surface area contributed by atoms with E-state index in [1.165, 1.54) is 12.1 Å². The lowest BCUT2D eigenvalue weighted by Gasteiger charge is -2.07. The molecule has 0 aliphatic heterocycles. The molecule has 1 heterocycles. The lowest BCUT2D eigenvalue weighted by Crippen LogP contribution is -1.96. The first-order valence-electron chi connectivity index (χ1n) is 6.04. The molecule has 21 heavy (non-hydrogen) atoms. The highest BCUT2D eigenvalue weighted by Gasteiger charge is 2.13. The Labute approximate surface area is 123 Å². The van der Waals surface area contributed by atoms with Crippen molar-refractivity contribution < 1.29 is 13.2 Å². The van der Waals surface area contributed by atoms with E-state index in [-0.39, 0.29) is 16.5 Å². The maximum Gasteiger partial charge on any atom is 0.161 e. The van der Waals surface area contributed by atoms with Crippen LogP contribution in [0.2, 0.25) is 5.15 Å². The molecule has 0 N–H and O–H groups in total. The number of hydrogen-bond donors (Lipinski definition) is 0. The van der Waals surface area contributed by atoms with Gasteiger partial charge in [0.05, 0.1) is 5.52 Å². The van der Waals surface area contributed by atoms with Crippen molar-refractivity contribution in [3.05, 3.63) is 58.5 Å². The van der Waals surface area contributed by atoms with Gasteiger partial charge in [0.1, 0.15) is 22.6 Å². The molecule has 3 aromatic rings. The fourth-order valence-corrected chi connectivity index (χ4v) is 2.31. The molecule has 106 valence electrons. The van der Waals surface area contributed by atoms with Crippen molar-refractivity contribution in [1.29, 1.82) is 0 Å². The summed E-state index contributed by atoms with van der Waals surface area (Å²) >= 11 is 6.05. The van der Waals surface area contributed by atoms with Crippen molar-refractivity contribution >= 4 is 22.5 Å². The molecule has 0 spiro atoms. The second-order valence-electron chi connectivity index (χ2n) is 4.56. The van der Waals surface area contributed by atoms with E-state index in [2.05, 4.69) is 9.97 Å². The maximum absolute atomic E-state index is 13.6. The summed E-state index contributed by atoms with van der Waals surface area (Å²) < 4.78 is 40.2. The summed E-state index contributed by atoms with van der Waals surface area (Å²) in [5.74, 6) is -1.89. The third kappa shape index (κ3) is 2.45. The van der Waals surface area contributed by atoms with Crippen molar-refractivity contribution in [2.24, 2.45) is 0 Å². The highest BCUT2D eigenvalue weighted by molar-refractivity contribution is 6.34. The van der Waals surface area contributed by atoms with Gasteiger partial charge in [0.25, 0.3) is 0 Å². The molecule has 0 bridgehead atoms. The highest BCUT2D eigenvalue weighted by atomic mass is 35.5. The van der Waals surface area contributed by atoms with E-state index in [1.807, 2.05) is 0 Å². The number of nitrogens with zero attached hydrogens (tertiary/aromatic N) is 2. The SMILES string of the molecule is Cc1c(F)ccc2c(Cl)nc(-c3cc(F)cc(F)c3)nc12. The molecule has 0 aliphatic rings. The van der Waals surface area contributed by atoms with Crippen LogP contribution in [0.1, 0.15) is 5.56 Å². The summed E-state index contributed by atoms with van der Waals surface area (Å²) in [6.45, 7) is 1.55. The molecule has 0 amide bonds. The first-order valence-corrected chi connectivity index (χ1v) is 6.42. The summed E-state index contributed by atoms with van der Waals surface area (Å²) in [6.07, 6.45) is 0. The number of aryl methyl sites for hydroxylation is 1. The van der Waals surface area contributed by atoms with Gasteiger partial charge in [-0.15, -0.1) is 0 Å². The Balaban J connectivity index is 2.31. The van der Waals surface area contributed by atoms with Crippen LogP contribution in [0.4, 0.5) is 13.2 Å². The Morgan fingerprint density at radius 3 is 2.29 bits per heavy atom. The number of hydrogen-bond acceptors (Lipinski definition) is 2. The van der Waals surface area contributed by atoms with Crippen LogP contribution in [0.5, 0.6) is 0 Å². The summed E-state index contributed by atoms with van der Waals surface area (Å²) in [5, 5.41) is 0.582. The molecule has 0 atom stereocenters. The zero-order chi connectivity index (χ0) is 15.1. The second-order valence-corrected chi connectivity index (χ2v) is 4.92. The number of rotatable bonds is 1. The summed E-state index contributed by atoms with van der Waals surface area (Å²) in [6, 6.07) is 5.67. The molecule has 6 heteroatoms. The van der Waals surface area contributed by atoms with Gasteiger partial charge in [-0.2, -0.15) is 0 Å². The lowest BCUT2D eigenvalue weighted by atomic mass is 10.1. The van der Waals surface area contributed by atoms with Gasteiger partial charge >= 0.3 is 0 Å². The lowest BCUT2D eigenvalue weighted by molar-refractivity contribution is 0.584. The van der Waals surface area contributed by atoms with E-state index in [1.54, 1.807) is 6.92 Å². The zero-order valence-electron chi connectivity index (χ0n) is 10.8. The molecule has 1 aromatic heterocycles. The van der Waals surface area contributed by atoms with Gasteiger partial charge in [0, 0.05) is 22.6 Å². The number of halogens is 4. The van der Waals surface area contributed by atoms with Gasteiger partial charge < -0.3 is 0 Å². The minimum absolute atomic E-state index is 0.0413. The fourth-order valence-electron chi connectivity index (χ4n) is 2.08. The second kappa shape index (κ2) is 5.00. The number of benzene rings is 2. The smallest absolute Gasteiger partial charge is 0.161 e. The van der Waals surface area contributed by atoms with Crippen molar-refractivity contribution in [1.82, 2.24) is 9.97 Å². The van der Waals surface area contributed by atoms with Crippen LogP contribution >= 0.6 is 11.6 Å². The van der Waals surface area contributed by atoms with Gasteiger partial charge in [0.15, 0.2) is 5.82 Å². The van der Waals surface area contributed by atoms with Crippen LogP contribution in [0.15, 0.2) is 30.3 Å². The van der Waals surface area contributed by atoms with Crippen LogP contribution in [0.3, 0.4) is 0 Å². The van der Waals surface area contributed by atoms with Crippen LogP contribution in [-0.2, 0) is 0 Å². The van der Waals surface area contributed by atoms with Crippen LogP contribution in [-0.4, -0.2) is 9.97 Å². The number of aromatic nitrogens is 2. The monoisotopic (exact) mass is 308 g/mol. The summed E-state index contributed by atoms with van der Waals surface area (Å²) in [5.41, 5.74) is 0.754. The normalized spacial score (nSPS) is 11.1. The average molecular weight is 309 g/mol. The van der Waals surface area contributed by atoms with Crippen molar-refractivity contribution in [2.45, 2.75) is 6.92 Å². The van der Waals surface area contributed by atoms with Crippen molar-refractivity contribution in [3.63, 3.8) is 0 Å². The minimum atomic E-state index is -0.749. The molecule has 2 aromatic carbocycles. The Morgan fingerprint density at radius 2 is 1.62 bits per heavy atom. The summed E-state index contributed by atoms with van der Waals surface area (Å²) in [7, 11) is 0. The predicted octanol–water partition coefficient (Wildman–Crippen LogP) is 4.68. The van der Waals surface area contributed by atoms with E-state index >= 15 is 0 Å². The molecule has 0 aliphatic carbocycles. The molecular formula is C15H8ClF3N2. The van der Waals surface area contributed by atoms with Gasteiger partial charge in [-0.05, 0) is 31.2 Å². The Morgan fingerprint density at radius 1 is 0.952 bits per heavy atom. The molecule has 0 unspecified atom stereocenters. The van der Waals surface area contributed by atoms with Crippen molar-refractivity contribution in [2.75, 3.05) is 0 Å². The zero-order valence-corrected chi connectivity index (χ0v) is 11.5. The van der Waals surface area contributed by atoms with Crippen LogP contribution < -0.4 is 0 Å². The first-order chi connectivity index (χ1) is 9.95. The van der Waals surface area contributed by atoms with Crippen LogP contribution in [0, 0.1) is 24.4 Å². The largest absolute Gasteiger partial charge is 0.228 e. The van der Waals surface area contributed by atoms with Gasteiger partial charge in [-0.1, -0.05) is 11.6 Å². The number of fused-ring (bicyclic) bond motifs is 1. The molecule has 0 radical (unpaired) electrons. The third-order valence-electron chi connectivity index (χ3n) is 3.13. The Bertz CT molecular complexity index is 845. The van der Waals surface area contributed by atoms with E-state index in [0.717, 1.165) is 18.2 Å². The molecule has 3 rings (SSSR count). The fraction of sp³-hybridized carbons (Fsp3) is 0.0667. The Hall–Kier alpha value is -2.14. The van der Waals surface area contributed by atoms with Gasteiger partial charge in [-0.25, -0.2) is 23.1 Å².